The van der Waals surface area contributed by atoms with Gasteiger partial charge < -0.3 is 19.0 Å². The lowest BCUT2D eigenvalue weighted by molar-refractivity contribution is -0.150. The van der Waals surface area contributed by atoms with Crippen molar-refractivity contribution in [2.24, 2.45) is 17.8 Å². The second kappa shape index (κ2) is 65.3. The van der Waals surface area contributed by atoms with E-state index in [1.54, 1.807) is 6.92 Å². The fourth-order valence-corrected chi connectivity index (χ4v) is 9.34. The second-order valence-corrected chi connectivity index (χ2v) is 22.5. The van der Waals surface area contributed by atoms with Crippen LogP contribution in [0.3, 0.4) is 0 Å². The number of ketones is 1. The molecule has 0 radical (unpaired) electrons. The molecule has 0 aromatic heterocycles. The van der Waals surface area contributed by atoms with E-state index in [2.05, 4.69) is 72.0 Å². The zero-order chi connectivity index (χ0) is 56.1. The Hall–Kier alpha value is -1.96. The normalized spacial score (nSPS) is 13.8. The Bertz CT molecular complexity index is 1110. The van der Waals surface area contributed by atoms with E-state index >= 15 is 0 Å². The topological polar surface area (TPSA) is 99.2 Å². The minimum atomic E-state index is -0.0594. The summed E-state index contributed by atoms with van der Waals surface area (Å²) < 4.78 is 16.0. The summed E-state index contributed by atoms with van der Waals surface area (Å²) in [6, 6.07) is 0. The molecule has 0 aliphatic carbocycles. The van der Waals surface area contributed by atoms with Gasteiger partial charge in [0.05, 0.1) is 6.61 Å². The lowest BCUT2D eigenvalue weighted by Gasteiger charge is -2.23. The number of rotatable bonds is 47. The van der Waals surface area contributed by atoms with Crippen molar-refractivity contribution in [3.8, 4) is 0 Å². The van der Waals surface area contributed by atoms with E-state index in [1.807, 2.05) is 20.8 Å². The van der Waals surface area contributed by atoms with E-state index < -0.39 is 0 Å². The number of hydrogen-bond acceptors (Lipinski definition) is 8. The molecular formula is C66H133NO7. The highest BCUT2D eigenvalue weighted by Crippen LogP contribution is 2.28. The zero-order valence-electron chi connectivity index (χ0n) is 52.4. The molecule has 1 heterocycles. The van der Waals surface area contributed by atoms with Crippen LogP contribution in [0.2, 0.25) is 0 Å². The van der Waals surface area contributed by atoms with Gasteiger partial charge in [0.25, 0.3) is 6.47 Å². The predicted octanol–water partition coefficient (Wildman–Crippen LogP) is 20.5. The van der Waals surface area contributed by atoms with Gasteiger partial charge in [-0.05, 0) is 95.4 Å². The molecule has 3 atom stereocenters. The van der Waals surface area contributed by atoms with E-state index in [0.717, 1.165) is 114 Å². The predicted molar refractivity (Wildman–Crippen MR) is 322 cm³/mol. The molecule has 1 fully saturated rings. The number of ether oxygens (including phenoxy) is 3. The third-order valence-electron chi connectivity index (χ3n) is 14.1. The van der Waals surface area contributed by atoms with Crippen LogP contribution in [0.5, 0.6) is 0 Å². The molecule has 444 valence electrons. The third-order valence-corrected chi connectivity index (χ3v) is 14.1. The number of carbonyl (C=O) groups is 4. The zero-order valence-corrected chi connectivity index (χ0v) is 52.4. The number of likely N-dealkylation sites (tertiary alicyclic amines) is 1. The SMILES string of the molecule is CC.CC(C)C.CCCC(=O)OC1CCN(CCCCCC(C)=O)C1.CCCCCCCCC(CCCCCC)C(C)CC.CCCCCCCCC(CCCCCCCC)OC(=O)CCCCCCCOC=O. The summed E-state index contributed by atoms with van der Waals surface area (Å²) in [5.41, 5.74) is 0. The largest absolute Gasteiger partial charge is 0.468 e. The average Bonchev–Trinajstić information content (AvgIpc) is 3.82. The minimum Gasteiger partial charge on any atom is -0.468 e. The Morgan fingerprint density at radius 2 is 0.932 bits per heavy atom. The molecule has 0 saturated carbocycles. The molecule has 0 aromatic carbocycles. The van der Waals surface area contributed by atoms with Crippen molar-refractivity contribution in [3.05, 3.63) is 0 Å². The number of esters is 2. The molecule has 0 spiro atoms. The first-order valence-corrected chi connectivity index (χ1v) is 32.5. The maximum Gasteiger partial charge on any atom is 0.306 e. The van der Waals surface area contributed by atoms with Gasteiger partial charge in [0.15, 0.2) is 0 Å². The Morgan fingerprint density at radius 3 is 1.39 bits per heavy atom. The molecule has 1 aliphatic heterocycles. The van der Waals surface area contributed by atoms with Gasteiger partial charge in [0.2, 0.25) is 0 Å². The van der Waals surface area contributed by atoms with E-state index in [1.165, 1.54) is 161 Å². The Labute approximate surface area is 463 Å². The molecule has 0 amide bonds. The molecule has 3 unspecified atom stereocenters. The lowest BCUT2D eigenvalue weighted by atomic mass is 9.83. The number of hydrogen-bond donors (Lipinski definition) is 0. The van der Waals surface area contributed by atoms with Crippen LogP contribution in [-0.2, 0) is 33.4 Å². The summed E-state index contributed by atoms with van der Waals surface area (Å²) in [6.07, 6.45) is 48.2. The Balaban J connectivity index is -0.000000486. The molecule has 8 heteroatoms. The summed E-state index contributed by atoms with van der Waals surface area (Å²) in [7, 11) is 0. The van der Waals surface area contributed by atoms with Crippen LogP contribution in [0.25, 0.3) is 0 Å². The van der Waals surface area contributed by atoms with Gasteiger partial charge in [-0.25, -0.2) is 0 Å². The van der Waals surface area contributed by atoms with Crippen molar-refractivity contribution in [2.45, 2.75) is 359 Å². The fraction of sp³-hybridized carbons (Fsp3) is 0.939. The highest BCUT2D eigenvalue weighted by atomic mass is 16.5. The molecule has 1 aliphatic rings. The quantitative estimate of drug-likeness (QED) is 0.0257. The average molecular weight is 1050 g/mol. The maximum absolute atomic E-state index is 12.3. The number of Topliss-reactive ketones (excluding diaryl/α,β-unsaturated/α-hetero) is 1. The van der Waals surface area contributed by atoms with Crippen molar-refractivity contribution in [2.75, 3.05) is 26.2 Å². The van der Waals surface area contributed by atoms with Crippen molar-refractivity contribution < 1.29 is 33.4 Å². The molecule has 0 aromatic rings. The van der Waals surface area contributed by atoms with Gasteiger partial charge in [-0.1, -0.05) is 256 Å². The summed E-state index contributed by atoms with van der Waals surface area (Å²) in [4.78, 5) is 46.9. The first-order chi connectivity index (χ1) is 35.8. The van der Waals surface area contributed by atoms with Crippen LogP contribution < -0.4 is 0 Å². The number of nitrogens with zero attached hydrogens (tertiary/aromatic N) is 1. The lowest BCUT2D eigenvalue weighted by Crippen LogP contribution is -2.25. The molecule has 0 bridgehead atoms. The van der Waals surface area contributed by atoms with E-state index in [9.17, 15) is 19.2 Å². The first-order valence-electron chi connectivity index (χ1n) is 32.5. The highest BCUT2D eigenvalue weighted by Gasteiger charge is 2.25. The molecular weight excluding hydrogens is 919 g/mol. The second-order valence-electron chi connectivity index (χ2n) is 22.5. The summed E-state index contributed by atoms with van der Waals surface area (Å²) in [6.45, 7) is 32.0. The Morgan fingerprint density at radius 1 is 0.514 bits per heavy atom. The minimum absolute atomic E-state index is 0.0127. The van der Waals surface area contributed by atoms with Gasteiger partial charge in [0, 0.05) is 32.4 Å². The summed E-state index contributed by atoms with van der Waals surface area (Å²) in [5.74, 6) is 2.99. The molecule has 1 saturated heterocycles. The summed E-state index contributed by atoms with van der Waals surface area (Å²) in [5, 5.41) is 0. The van der Waals surface area contributed by atoms with Crippen LogP contribution >= 0.6 is 0 Å². The molecule has 1 rings (SSSR count). The van der Waals surface area contributed by atoms with Gasteiger partial charge in [-0.15, -0.1) is 0 Å². The van der Waals surface area contributed by atoms with E-state index in [4.69, 9.17) is 9.47 Å². The van der Waals surface area contributed by atoms with Gasteiger partial charge >= 0.3 is 11.9 Å². The molecule has 74 heavy (non-hydrogen) atoms. The van der Waals surface area contributed by atoms with Crippen molar-refractivity contribution in [1.82, 2.24) is 4.90 Å². The first kappa shape index (κ1) is 78.5. The van der Waals surface area contributed by atoms with Crippen LogP contribution in [0.4, 0.5) is 0 Å². The Kier molecular flexibility index (Phi) is 69.3. The van der Waals surface area contributed by atoms with E-state index in [-0.39, 0.29) is 29.9 Å². The van der Waals surface area contributed by atoms with Crippen LogP contribution in [0.1, 0.15) is 347 Å². The standard InChI is InChI=1S/C26H50O4.C19H40.C15H27NO3.C4H10.C2H6/c1-3-5-7-9-12-16-20-25(21-17-13-10-8-6-4-2)30-26(28)22-18-14-11-15-19-23-29-24-27;1-5-8-10-12-13-15-17-19(18(4)7-3)16-14-11-9-6-2;1-3-7-15(18)19-14-9-11-16(12-14)10-6-4-5-8-13(2)17;1-4(2)3;1-2/h24-25H,3-23H2,1-2H3;18-19H,5-17H2,1-4H3;14H,3-12H2,1-2H3;4H,1-3H3;1-2H3. The number of carbonyl (C=O) groups excluding carboxylic acids is 4. The van der Waals surface area contributed by atoms with Gasteiger partial charge in [0.1, 0.15) is 18.0 Å². The van der Waals surface area contributed by atoms with Gasteiger partial charge in [-0.2, -0.15) is 0 Å². The maximum atomic E-state index is 12.3. The highest BCUT2D eigenvalue weighted by molar-refractivity contribution is 5.75. The number of unbranched alkanes of at least 4 members (excludes halogenated alkanes) is 24. The van der Waals surface area contributed by atoms with Crippen LogP contribution in [-0.4, -0.2) is 67.5 Å². The summed E-state index contributed by atoms with van der Waals surface area (Å²) >= 11 is 0. The monoisotopic (exact) mass is 1050 g/mol. The third kappa shape index (κ3) is 64.3. The molecule has 0 N–H and O–H groups in total. The van der Waals surface area contributed by atoms with Crippen LogP contribution in [0.15, 0.2) is 0 Å². The van der Waals surface area contributed by atoms with Gasteiger partial charge in [-0.3, -0.25) is 19.3 Å². The molecule has 8 nitrogen and oxygen atoms in total. The van der Waals surface area contributed by atoms with Crippen molar-refractivity contribution in [1.29, 1.82) is 0 Å². The van der Waals surface area contributed by atoms with E-state index in [0.29, 0.717) is 32.3 Å². The smallest absolute Gasteiger partial charge is 0.306 e. The van der Waals surface area contributed by atoms with Crippen molar-refractivity contribution >= 4 is 24.2 Å². The fourth-order valence-electron chi connectivity index (χ4n) is 9.34. The van der Waals surface area contributed by atoms with Crippen LogP contribution in [0, 0.1) is 17.8 Å². The van der Waals surface area contributed by atoms with Crippen molar-refractivity contribution in [3.63, 3.8) is 0 Å².